The van der Waals surface area contributed by atoms with Crippen LogP contribution < -0.4 is 0 Å². The molecule has 2 aliphatic carbocycles. The van der Waals surface area contributed by atoms with Crippen LogP contribution in [-0.2, 0) is 21.7 Å². The molecule has 4 aromatic carbocycles. The van der Waals surface area contributed by atoms with Crippen molar-refractivity contribution in [3.8, 4) is 11.3 Å². The minimum absolute atomic E-state index is 0.117. The van der Waals surface area contributed by atoms with Gasteiger partial charge in [-0.25, -0.2) is 0 Å². The van der Waals surface area contributed by atoms with Crippen molar-refractivity contribution in [3.63, 3.8) is 0 Å². The van der Waals surface area contributed by atoms with Crippen molar-refractivity contribution in [3.05, 3.63) is 120 Å². The fourth-order valence-electron chi connectivity index (χ4n) is 9.02. The number of hydrogen-bond acceptors (Lipinski definition) is 2. The Hall–Kier alpha value is -4.04. The summed E-state index contributed by atoms with van der Waals surface area (Å²) in [5, 5.41) is 6.33. The van der Waals surface area contributed by atoms with Crippen LogP contribution in [0.2, 0.25) is 0 Å². The van der Waals surface area contributed by atoms with Crippen molar-refractivity contribution < 1.29 is 0 Å². The number of fused-ring (bicyclic) bond motifs is 7. The highest BCUT2D eigenvalue weighted by Gasteiger charge is 2.56. The van der Waals surface area contributed by atoms with Gasteiger partial charge < -0.3 is 0 Å². The van der Waals surface area contributed by atoms with Crippen LogP contribution in [-0.4, -0.2) is 9.97 Å². The number of pyridine rings is 2. The molecule has 0 fully saturated rings. The van der Waals surface area contributed by atoms with Crippen LogP contribution in [0.25, 0.3) is 43.7 Å². The number of nitrogens with zero attached hydrogens (tertiary/aromatic N) is 2. The van der Waals surface area contributed by atoms with E-state index in [0.29, 0.717) is 0 Å². The van der Waals surface area contributed by atoms with Gasteiger partial charge in [-0.3, -0.25) is 9.97 Å². The van der Waals surface area contributed by atoms with Crippen LogP contribution in [0.4, 0.5) is 0 Å². The van der Waals surface area contributed by atoms with Gasteiger partial charge in [0.25, 0.3) is 0 Å². The lowest BCUT2D eigenvalue weighted by atomic mass is 9.59. The zero-order valence-corrected chi connectivity index (χ0v) is 31.3. The van der Waals surface area contributed by atoms with E-state index in [2.05, 4.69) is 160 Å². The molecule has 248 valence electrons. The van der Waals surface area contributed by atoms with Crippen LogP contribution in [0.15, 0.2) is 97.3 Å². The molecule has 0 N–H and O–H groups in total. The van der Waals surface area contributed by atoms with Gasteiger partial charge in [-0.1, -0.05) is 156 Å². The Morgan fingerprint density at radius 2 is 1.12 bits per heavy atom. The molecule has 0 saturated heterocycles. The molecule has 2 nitrogen and oxygen atoms in total. The van der Waals surface area contributed by atoms with Crippen LogP contribution in [0.5, 0.6) is 0 Å². The molecule has 0 amide bonds. The number of hydrogen-bond donors (Lipinski definition) is 0. The molecule has 2 aliphatic rings. The van der Waals surface area contributed by atoms with Gasteiger partial charge in [0, 0.05) is 34.1 Å². The van der Waals surface area contributed by atoms with Crippen LogP contribution in [0.1, 0.15) is 112 Å². The highest BCUT2D eigenvalue weighted by Crippen LogP contribution is 2.62. The van der Waals surface area contributed by atoms with Crippen molar-refractivity contribution in [1.82, 2.24) is 9.97 Å². The maximum Gasteiger partial charge on any atom is 0.0783 e. The quantitative estimate of drug-likeness (QED) is 0.168. The number of benzene rings is 4. The lowest BCUT2D eigenvalue weighted by Gasteiger charge is -2.44. The van der Waals surface area contributed by atoms with Crippen LogP contribution in [0, 0.1) is 5.41 Å². The third kappa shape index (κ3) is 4.97. The second-order valence-electron chi connectivity index (χ2n) is 16.7. The summed E-state index contributed by atoms with van der Waals surface area (Å²) in [7, 11) is 0. The van der Waals surface area contributed by atoms with E-state index in [4.69, 9.17) is 9.97 Å². The molecular formula is C46H54N2. The van der Waals surface area contributed by atoms with E-state index >= 15 is 0 Å². The first-order valence-corrected chi connectivity index (χ1v) is 17.9. The minimum atomic E-state index is 0.117. The van der Waals surface area contributed by atoms with Gasteiger partial charge in [0.05, 0.1) is 11.2 Å². The van der Waals surface area contributed by atoms with Crippen molar-refractivity contribution in [2.75, 3.05) is 0 Å². The van der Waals surface area contributed by atoms with Gasteiger partial charge in [0.15, 0.2) is 0 Å². The van der Waals surface area contributed by atoms with E-state index in [1.54, 1.807) is 0 Å². The highest BCUT2D eigenvalue weighted by molar-refractivity contribution is 6.07. The maximum atomic E-state index is 4.84. The smallest absolute Gasteiger partial charge is 0.0783 e. The summed E-state index contributed by atoms with van der Waals surface area (Å²) in [6.07, 6.45) is 5.23. The zero-order chi connectivity index (χ0) is 34.9. The first-order valence-electron chi connectivity index (χ1n) is 17.9. The number of aromatic nitrogens is 2. The van der Waals surface area contributed by atoms with Crippen LogP contribution >= 0.6 is 0 Å². The lowest BCUT2D eigenvalue weighted by molar-refractivity contribution is 0.125. The summed E-state index contributed by atoms with van der Waals surface area (Å²) in [6.45, 7) is 27.8. The van der Waals surface area contributed by atoms with E-state index in [-0.39, 0.29) is 27.1 Å². The summed E-state index contributed by atoms with van der Waals surface area (Å²) in [6, 6.07) is 30.6. The van der Waals surface area contributed by atoms with E-state index in [1.807, 2.05) is 20.0 Å². The third-order valence-electron chi connectivity index (χ3n) is 12.5. The standard InChI is InChI=1S/C24H27N.C20H21N.C2H6/c1-22(2)19-12-11-17(15-20(19)23(3,4)24(22,5)6)21-18-10-8-7-9-16(18)13-14-25-21;1-19(2)12-20(3,4)17-15-10-9-13-7-5-6-8-14(13)18(15)21-11-16(17)19;1-2/h7-15H,1-6H3;5-11H,12H2,1-4H3;1-2H3. The van der Waals surface area contributed by atoms with Gasteiger partial charge in [-0.15, -0.1) is 0 Å². The van der Waals surface area contributed by atoms with Gasteiger partial charge in [0.2, 0.25) is 0 Å². The Balaban J connectivity index is 0.000000161. The molecule has 0 unspecified atom stereocenters. The molecule has 2 heteroatoms. The molecule has 0 aliphatic heterocycles. The van der Waals surface area contributed by atoms with Crippen molar-refractivity contribution in [2.24, 2.45) is 5.41 Å². The second kappa shape index (κ2) is 11.5. The van der Waals surface area contributed by atoms with Crippen molar-refractivity contribution in [1.29, 1.82) is 0 Å². The normalized spacial score (nSPS) is 18.8. The summed E-state index contributed by atoms with van der Waals surface area (Å²) in [5.74, 6) is 0. The molecule has 2 aromatic heterocycles. The topological polar surface area (TPSA) is 25.8 Å². The Morgan fingerprint density at radius 3 is 1.81 bits per heavy atom. The summed E-state index contributed by atoms with van der Waals surface area (Å²) in [4.78, 5) is 9.57. The first-order chi connectivity index (χ1) is 22.6. The van der Waals surface area contributed by atoms with Crippen LogP contribution in [0.3, 0.4) is 0 Å². The molecule has 2 heterocycles. The molecule has 6 aromatic rings. The van der Waals surface area contributed by atoms with Gasteiger partial charge in [-0.05, 0) is 78.7 Å². The lowest BCUT2D eigenvalue weighted by Crippen LogP contribution is -2.42. The Bertz CT molecular complexity index is 2150. The van der Waals surface area contributed by atoms with Crippen molar-refractivity contribution in [2.45, 2.75) is 111 Å². The molecular weight excluding hydrogens is 581 g/mol. The molecule has 8 rings (SSSR count). The largest absolute Gasteiger partial charge is 0.256 e. The van der Waals surface area contributed by atoms with E-state index in [1.165, 1.54) is 61.2 Å². The third-order valence-corrected chi connectivity index (χ3v) is 12.5. The molecule has 0 atom stereocenters. The molecule has 0 radical (unpaired) electrons. The average Bonchev–Trinajstić information content (AvgIpc) is 3.33. The molecule has 0 bridgehead atoms. The maximum absolute atomic E-state index is 4.84. The Kier molecular flexibility index (Phi) is 8.14. The van der Waals surface area contributed by atoms with E-state index in [9.17, 15) is 0 Å². The Morgan fingerprint density at radius 1 is 0.521 bits per heavy atom. The SMILES string of the molecule is CC.CC1(C)CC(C)(C)c2c1cnc1c2ccc2ccccc21.CC1(C)c2ccc(-c3nccc4ccccc34)cc2C(C)(C)C1(C)C. The van der Waals surface area contributed by atoms with Gasteiger partial charge in [-0.2, -0.15) is 0 Å². The monoisotopic (exact) mass is 634 g/mol. The summed E-state index contributed by atoms with van der Waals surface area (Å²) >= 11 is 0. The fourth-order valence-corrected chi connectivity index (χ4v) is 9.02. The molecule has 0 spiro atoms. The molecule has 48 heavy (non-hydrogen) atoms. The molecule has 0 saturated carbocycles. The predicted molar refractivity (Wildman–Crippen MR) is 208 cm³/mol. The fraction of sp³-hybridized carbons (Fsp3) is 0.391. The number of rotatable bonds is 1. The summed E-state index contributed by atoms with van der Waals surface area (Å²) in [5.41, 5.74) is 10.2. The van der Waals surface area contributed by atoms with Gasteiger partial charge in [0.1, 0.15) is 0 Å². The first kappa shape index (κ1) is 33.8. The van der Waals surface area contributed by atoms with E-state index < -0.39 is 0 Å². The average molecular weight is 635 g/mol. The summed E-state index contributed by atoms with van der Waals surface area (Å²) < 4.78 is 0. The van der Waals surface area contributed by atoms with E-state index in [0.717, 1.165) is 11.2 Å². The predicted octanol–water partition coefficient (Wildman–Crippen LogP) is 12.9. The Labute approximate surface area is 289 Å². The second-order valence-corrected chi connectivity index (χ2v) is 16.7. The van der Waals surface area contributed by atoms with Crippen molar-refractivity contribution >= 4 is 32.4 Å². The minimum Gasteiger partial charge on any atom is -0.256 e. The van der Waals surface area contributed by atoms with Gasteiger partial charge >= 0.3 is 0 Å². The zero-order valence-electron chi connectivity index (χ0n) is 31.3. The highest BCUT2D eigenvalue weighted by atomic mass is 14.7.